The fourth-order valence-electron chi connectivity index (χ4n) is 1.96. The van der Waals surface area contributed by atoms with Crippen LogP contribution >= 0.6 is 0 Å². The van der Waals surface area contributed by atoms with Crippen molar-refractivity contribution in [3.63, 3.8) is 0 Å². The first kappa shape index (κ1) is 15.6. The third-order valence-electron chi connectivity index (χ3n) is 3.29. The van der Waals surface area contributed by atoms with E-state index in [0.29, 0.717) is 12.0 Å². The first-order chi connectivity index (χ1) is 8.95. The van der Waals surface area contributed by atoms with E-state index in [2.05, 4.69) is 5.32 Å². The van der Waals surface area contributed by atoms with Gasteiger partial charge in [-0.1, -0.05) is 31.9 Å². The SMILES string of the molecule is CCCCC(NC(C)c1ccc(C)c(F)c1)C(=O)O. The van der Waals surface area contributed by atoms with Crippen LogP contribution in [0.25, 0.3) is 0 Å². The highest BCUT2D eigenvalue weighted by atomic mass is 19.1. The van der Waals surface area contributed by atoms with Crippen molar-refractivity contribution < 1.29 is 14.3 Å². The van der Waals surface area contributed by atoms with Gasteiger partial charge in [0.1, 0.15) is 11.9 Å². The summed E-state index contributed by atoms with van der Waals surface area (Å²) in [7, 11) is 0. The molecule has 1 aromatic carbocycles. The van der Waals surface area contributed by atoms with Crippen LogP contribution in [-0.4, -0.2) is 17.1 Å². The van der Waals surface area contributed by atoms with E-state index in [9.17, 15) is 9.18 Å². The van der Waals surface area contributed by atoms with Gasteiger partial charge in [-0.05, 0) is 37.5 Å². The Kier molecular flexibility index (Phi) is 5.96. The van der Waals surface area contributed by atoms with Crippen molar-refractivity contribution in [1.29, 1.82) is 0 Å². The molecule has 1 rings (SSSR count). The van der Waals surface area contributed by atoms with Crippen molar-refractivity contribution in [3.05, 3.63) is 35.1 Å². The molecule has 3 nitrogen and oxygen atoms in total. The van der Waals surface area contributed by atoms with Crippen LogP contribution in [0.1, 0.15) is 50.3 Å². The molecule has 0 bridgehead atoms. The second kappa shape index (κ2) is 7.24. The third kappa shape index (κ3) is 4.63. The Balaban J connectivity index is 2.72. The number of carboxylic acids is 1. The van der Waals surface area contributed by atoms with Crippen LogP contribution in [0.5, 0.6) is 0 Å². The maximum Gasteiger partial charge on any atom is 0.320 e. The summed E-state index contributed by atoms with van der Waals surface area (Å²) in [4.78, 5) is 11.2. The highest BCUT2D eigenvalue weighted by Gasteiger charge is 2.19. The third-order valence-corrected chi connectivity index (χ3v) is 3.29. The van der Waals surface area contributed by atoms with E-state index in [0.717, 1.165) is 18.4 Å². The van der Waals surface area contributed by atoms with E-state index in [1.807, 2.05) is 19.9 Å². The molecule has 0 radical (unpaired) electrons. The zero-order valence-corrected chi connectivity index (χ0v) is 11.7. The molecule has 0 saturated carbocycles. The van der Waals surface area contributed by atoms with E-state index < -0.39 is 12.0 Å². The molecular formula is C15H22FNO2. The first-order valence-corrected chi connectivity index (χ1v) is 6.70. The van der Waals surface area contributed by atoms with E-state index >= 15 is 0 Å². The van der Waals surface area contributed by atoms with Crippen molar-refractivity contribution in [2.45, 2.75) is 52.1 Å². The molecule has 0 fully saturated rings. The van der Waals surface area contributed by atoms with Gasteiger partial charge in [-0.3, -0.25) is 10.1 Å². The zero-order valence-electron chi connectivity index (χ0n) is 11.7. The lowest BCUT2D eigenvalue weighted by molar-refractivity contribution is -0.139. The number of unbranched alkanes of at least 4 members (excludes halogenated alkanes) is 1. The second-order valence-corrected chi connectivity index (χ2v) is 4.93. The molecule has 0 aliphatic carbocycles. The van der Waals surface area contributed by atoms with Crippen molar-refractivity contribution in [3.8, 4) is 0 Å². The summed E-state index contributed by atoms with van der Waals surface area (Å²) in [6.07, 6.45) is 2.41. The summed E-state index contributed by atoms with van der Waals surface area (Å²) in [5.41, 5.74) is 1.36. The van der Waals surface area contributed by atoms with Crippen molar-refractivity contribution in [2.75, 3.05) is 0 Å². The van der Waals surface area contributed by atoms with E-state index in [4.69, 9.17) is 5.11 Å². The molecule has 4 heteroatoms. The van der Waals surface area contributed by atoms with E-state index in [1.54, 1.807) is 13.0 Å². The lowest BCUT2D eigenvalue weighted by Gasteiger charge is -2.20. The molecule has 0 amide bonds. The minimum absolute atomic E-state index is 0.187. The Morgan fingerprint density at radius 1 is 1.47 bits per heavy atom. The molecule has 0 heterocycles. The Morgan fingerprint density at radius 3 is 2.68 bits per heavy atom. The average Bonchev–Trinajstić information content (AvgIpc) is 2.37. The number of hydrogen-bond acceptors (Lipinski definition) is 2. The summed E-state index contributed by atoms with van der Waals surface area (Å²) in [6.45, 7) is 5.59. The molecule has 0 aliphatic rings. The van der Waals surface area contributed by atoms with Gasteiger partial charge in [-0.25, -0.2) is 4.39 Å². The first-order valence-electron chi connectivity index (χ1n) is 6.70. The van der Waals surface area contributed by atoms with Gasteiger partial charge in [0.15, 0.2) is 0 Å². The van der Waals surface area contributed by atoms with Gasteiger partial charge in [0, 0.05) is 6.04 Å². The molecule has 0 aromatic heterocycles. The largest absolute Gasteiger partial charge is 0.480 e. The zero-order chi connectivity index (χ0) is 14.4. The van der Waals surface area contributed by atoms with Crippen molar-refractivity contribution in [2.24, 2.45) is 0 Å². The number of aliphatic carboxylic acids is 1. The highest BCUT2D eigenvalue weighted by Crippen LogP contribution is 2.17. The summed E-state index contributed by atoms with van der Waals surface area (Å²) >= 11 is 0. The Bertz CT molecular complexity index is 434. The molecule has 106 valence electrons. The van der Waals surface area contributed by atoms with Crippen LogP contribution in [-0.2, 0) is 4.79 Å². The van der Waals surface area contributed by atoms with Crippen LogP contribution in [0.15, 0.2) is 18.2 Å². The predicted octanol–water partition coefficient (Wildman–Crippen LogP) is 3.43. The van der Waals surface area contributed by atoms with Crippen molar-refractivity contribution in [1.82, 2.24) is 5.32 Å². The number of nitrogens with one attached hydrogen (secondary N) is 1. The van der Waals surface area contributed by atoms with Crippen LogP contribution < -0.4 is 5.32 Å². The molecule has 19 heavy (non-hydrogen) atoms. The monoisotopic (exact) mass is 267 g/mol. The lowest BCUT2D eigenvalue weighted by Crippen LogP contribution is -2.38. The number of rotatable bonds is 7. The number of aryl methyl sites for hydroxylation is 1. The number of hydrogen-bond donors (Lipinski definition) is 2. The lowest BCUT2D eigenvalue weighted by atomic mass is 10.0. The summed E-state index contributed by atoms with van der Waals surface area (Å²) in [5.74, 6) is -1.11. The van der Waals surface area contributed by atoms with Crippen LogP contribution in [0.3, 0.4) is 0 Å². The molecule has 2 atom stereocenters. The topological polar surface area (TPSA) is 49.3 Å². The fraction of sp³-hybridized carbons (Fsp3) is 0.533. The quantitative estimate of drug-likeness (QED) is 0.795. The summed E-state index contributed by atoms with van der Waals surface area (Å²) < 4.78 is 13.5. The molecule has 0 spiro atoms. The standard InChI is InChI=1S/C15H22FNO2/c1-4-5-6-14(15(18)19)17-11(3)12-8-7-10(2)13(16)9-12/h7-9,11,14,17H,4-6H2,1-3H3,(H,18,19). The minimum Gasteiger partial charge on any atom is -0.480 e. The number of benzene rings is 1. The predicted molar refractivity (Wildman–Crippen MR) is 73.6 cm³/mol. The molecule has 0 saturated heterocycles. The molecule has 1 aromatic rings. The van der Waals surface area contributed by atoms with Gasteiger partial charge < -0.3 is 5.11 Å². The van der Waals surface area contributed by atoms with Crippen LogP contribution in [0.2, 0.25) is 0 Å². The van der Waals surface area contributed by atoms with E-state index in [1.165, 1.54) is 6.07 Å². The summed E-state index contributed by atoms with van der Waals surface area (Å²) in [5, 5.41) is 12.2. The number of carbonyl (C=O) groups is 1. The molecule has 2 unspecified atom stereocenters. The second-order valence-electron chi connectivity index (χ2n) is 4.93. The van der Waals surface area contributed by atoms with Gasteiger partial charge >= 0.3 is 5.97 Å². The normalized spacial score (nSPS) is 14.1. The number of carboxylic acid groups (broad SMARTS) is 1. The van der Waals surface area contributed by atoms with Crippen LogP contribution in [0.4, 0.5) is 4.39 Å². The van der Waals surface area contributed by atoms with Crippen molar-refractivity contribution >= 4 is 5.97 Å². The Hall–Kier alpha value is -1.42. The Labute approximate surface area is 113 Å². The van der Waals surface area contributed by atoms with E-state index in [-0.39, 0.29) is 11.9 Å². The maximum atomic E-state index is 13.5. The molecule has 0 aliphatic heterocycles. The van der Waals surface area contributed by atoms with Gasteiger partial charge in [-0.2, -0.15) is 0 Å². The highest BCUT2D eigenvalue weighted by molar-refractivity contribution is 5.73. The minimum atomic E-state index is -0.854. The molecular weight excluding hydrogens is 245 g/mol. The van der Waals surface area contributed by atoms with Gasteiger partial charge in [0.2, 0.25) is 0 Å². The maximum absolute atomic E-state index is 13.5. The van der Waals surface area contributed by atoms with Gasteiger partial charge in [0.25, 0.3) is 0 Å². The summed E-state index contributed by atoms with van der Waals surface area (Å²) in [6, 6.07) is 4.23. The number of halogens is 1. The van der Waals surface area contributed by atoms with Gasteiger partial charge in [-0.15, -0.1) is 0 Å². The smallest absolute Gasteiger partial charge is 0.320 e. The van der Waals surface area contributed by atoms with Crippen LogP contribution in [0, 0.1) is 12.7 Å². The average molecular weight is 267 g/mol. The van der Waals surface area contributed by atoms with Gasteiger partial charge in [0.05, 0.1) is 0 Å². The Morgan fingerprint density at radius 2 is 2.16 bits per heavy atom. The molecule has 2 N–H and O–H groups in total. The fourth-order valence-corrected chi connectivity index (χ4v) is 1.96.